The molecule has 1 fully saturated rings. The second kappa shape index (κ2) is 6.51. The molecule has 2 rings (SSSR count). The van der Waals surface area contributed by atoms with Crippen molar-refractivity contribution < 1.29 is 21.9 Å². The summed E-state index contributed by atoms with van der Waals surface area (Å²) in [6.07, 6.45) is 0.269. The molecule has 0 aliphatic carbocycles. The largest absolute Gasteiger partial charge is 0.395 e. The molecule has 1 heterocycles. The fraction of sp³-hybridized carbons (Fsp3) is 0.600. The molecule has 0 unspecified atom stereocenters. The van der Waals surface area contributed by atoms with Gasteiger partial charge in [-0.05, 0) is 49.9 Å². The van der Waals surface area contributed by atoms with Crippen LogP contribution in [0.3, 0.4) is 0 Å². The molecule has 0 spiro atoms. The number of aliphatic hydroxyl groups excluding tert-OH is 1. The standard InChI is InChI=1S/C15H23NO5S2/c1-11-8-13(3)15(9-12(11)2)23(20,21)16(5-6-17)14-4-7-22(18,19)10-14/h8-9,14,17H,4-7,10H2,1-3H3/t14-/m0/s1. The third-order valence-electron chi connectivity index (χ3n) is 4.31. The van der Waals surface area contributed by atoms with Gasteiger partial charge in [0.05, 0.1) is 23.0 Å². The first-order chi connectivity index (χ1) is 10.6. The van der Waals surface area contributed by atoms with Crippen LogP contribution in [0.1, 0.15) is 23.1 Å². The first-order valence-electron chi connectivity index (χ1n) is 7.49. The van der Waals surface area contributed by atoms with Crippen molar-refractivity contribution in [2.24, 2.45) is 0 Å². The molecule has 1 aromatic carbocycles. The Kier molecular flexibility index (Phi) is 5.20. The lowest BCUT2D eigenvalue weighted by Crippen LogP contribution is -2.43. The molecule has 130 valence electrons. The van der Waals surface area contributed by atoms with Crippen LogP contribution in [0.5, 0.6) is 0 Å². The summed E-state index contributed by atoms with van der Waals surface area (Å²) in [4.78, 5) is 0.179. The third kappa shape index (κ3) is 3.76. The van der Waals surface area contributed by atoms with Crippen molar-refractivity contribution >= 4 is 19.9 Å². The van der Waals surface area contributed by atoms with Gasteiger partial charge in [-0.25, -0.2) is 16.8 Å². The summed E-state index contributed by atoms with van der Waals surface area (Å²) in [7, 11) is -7.07. The van der Waals surface area contributed by atoms with Crippen LogP contribution in [0.4, 0.5) is 0 Å². The van der Waals surface area contributed by atoms with E-state index < -0.39 is 25.9 Å². The van der Waals surface area contributed by atoms with Crippen LogP contribution in [-0.2, 0) is 19.9 Å². The van der Waals surface area contributed by atoms with Crippen LogP contribution in [0.2, 0.25) is 0 Å². The highest BCUT2D eigenvalue weighted by Gasteiger charge is 2.39. The number of nitrogens with zero attached hydrogens (tertiary/aromatic N) is 1. The lowest BCUT2D eigenvalue weighted by Gasteiger charge is -2.27. The number of rotatable bonds is 5. The van der Waals surface area contributed by atoms with Crippen LogP contribution in [0.25, 0.3) is 0 Å². The van der Waals surface area contributed by atoms with Gasteiger partial charge in [-0.2, -0.15) is 4.31 Å². The van der Waals surface area contributed by atoms with Gasteiger partial charge in [0.2, 0.25) is 10.0 Å². The van der Waals surface area contributed by atoms with Crippen molar-refractivity contribution in [3.63, 3.8) is 0 Å². The first kappa shape index (κ1) is 18.4. The monoisotopic (exact) mass is 361 g/mol. The van der Waals surface area contributed by atoms with Crippen molar-refractivity contribution in [1.29, 1.82) is 0 Å². The average Bonchev–Trinajstić information content (AvgIpc) is 2.79. The Morgan fingerprint density at radius 2 is 1.78 bits per heavy atom. The van der Waals surface area contributed by atoms with Gasteiger partial charge in [-0.3, -0.25) is 0 Å². The van der Waals surface area contributed by atoms with Gasteiger partial charge in [-0.15, -0.1) is 0 Å². The number of sulfone groups is 1. The first-order valence-corrected chi connectivity index (χ1v) is 10.8. The molecular formula is C15H23NO5S2. The number of benzene rings is 1. The van der Waals surface area contributed by atoms with Crippen LogP contribution >= 0.6 is 0 Å². The molecule has 1 aromatic rings. The average molecular weight is 361 g/mol. The van der Waals surface area contributed by atoms with Gasteiger partial charge in [0.25, 0.3) is 0 Å². The Morgan fingerprint density at radius 1 is 1.17 bits per heavy atom. The maximum absolute atomic E-state index is 13.0. The minimum absolute atomic E-state index is 0.0129. The fourth-order valence-corrected chi connectivity index (χ4v) is 6.70. The van der Waals surface area contributed by atoms with Gasteiger partial charge in [0.15, 0.2) is 9.84 Å². The van der Waals surface area contributed by atoms with Gasteiger partial charge >= 0.3 is 0 Å². The SMILES string of the molecule is Cc1cc(C)c(S(=O)(=O)N(CCO)[C@H]2CCS(=O)(=O)C2)cc1C. The van der Waals surface area contributed by atoms with Crippen LogP contribution in [0.15, 0.2) is 17.0 Å². The van der Waals surface area contributed by atoms with Gasteiger partial charge in [0.1, 0.15) is 0 Å². The highest BCUT2D eigenvalue weighted by molar-refractivity contribution is 7.92. The molecular weight excluding hydrogens is 338 g/mol. The molecule has 0 saturated carbocycles. The highest BCUT2D eigenvalue weighted by Crippen LogP contribution is 2.28. The van der Waals surface area contributed by atoms with E-state index in [4.69, 9.17) is 0 Å². The molecule has 1 saturated heterocycles. The Morgan fingerprint density at radius 3 is 2.30 bits per heavy atom. The number of sulfonamides is 1. The zero-order chi connectivity index (χ0) is 17.4. The van der Waals surface area contributed by atoms with E-state index in [-0.39, 0.29) is 36.0 Å². The van der Waals surface area contributed by atoms with E-state index in [1.54, 1.807) is 13.0 Å². The van der Waals surface area contributed by atoms with E-state index in [1.165, 1.54) is 0 Å². The maximum atomic E-state index is 13.0. The molecule has 8 heteroatoms. The molecule has 1 N–H and O–H groups in total. The van der Waals surface area contributed by atoms with Crippen LogP contribution < -0.4 is 0 Å². The molecule has 1 aliphatic heterocycles. The molecule has 6 nitrogen and oxygen atoms in total. The number of aryl methyl sites for hydroxylation is 3. The Balaban J connectivity index is 2.48. The molecule has 1 atom stereocenters. The maximum Gasteiger partial charge on any atom is 0.243 e. The van der Waals surface area contributed by atoms with E-state index in [0.717, 1.165) is 15.4 Å². The molecule has 0 radical (unpaired) electrons. The second-order valence-electron chi connectivity index (χ2n) is 6.10. The molecule has 0 aromatic heterocycles. The second-order valence-corrected chi connectivity index (χ2v) is 10.2. The predicted molar refractivity (Wildman–Crippen MR) is 88.7 cm³/mol. The van der Waals surface area contributed by atoms with Crippen molar-refractivity contribution in [2.75, 3.05) is 24.7 Å². The minimum Gasteiger partial charge on any atom is -0.395 e. The number of hydrogen-bond donors (Lipinski definition) is 1. The van der Waals surface area contributed by atoms with E-state index >= 15 is 0 Å². The molecule has 0 amide bonds. The Hall–Kier alpha value is -0.960. The molecule has 1 aliphatic rings. The Labute approximate surface area is 138 Å². The van der Waals surface area contributed by atoms with E-state index in [1.807, 2.05) is 19.9 Å². The zero-order valence-corrected chi connectivity index (χ0v) is 15.2. The van der Waals surface area contributed by atoms with Gasteiger partial charge in [-0.1, -0.05) is 6.07 Å². The lowest BCUT2D eigenvalue weighted by molar-refractivity contribution is 0.232. The smallest absolute Gasteiger partial charge is 0.243 e. The van der Waals surface area contributed by atoms with E-state index in [9.17, 15) is 21.9 Å². The summed E-state index contributed by atoms with van der Waals surface area (Å²) < 4.78 is 50.6. The summed E-state index contributed by atoms with van der Waals surface area (Å²) in [6, 6.07) is 2.82. The zero-order valence-electron chi connectivity index (χ0n) is 13.6. The normalized spacial score (nSPS) is 21.0. The van der Waals surface area contributed by atoms with Gasteiger partial charge in [0, 0.05) is 12.6 Å². The number of hydrogen-bond acceptors (Lipinski definition) is 5. The summed E-state index contributed by atoms with van der Waals surface area (Å²) in [5, 5.41) is 9.25. The van der Waals surface area contributed by atoms with Crippen molar-refractivity contribution in [3.05, 3.63) is 28.8 Å². The van der Waals surface area contributed by atoms with Crippen LogP contribution in [-0.4, -0.2) is 56.9 Å². The third-order valence-corrected chi connectivity index (χ3v) is 8.16. The molecule has 0 bridgehead atoms. The van der Waals surface area contributed by atoms with E-state index in [0.29, 0.717) is 5.56 Å². The van der Waals surface area contributed by atoms with E-state index in [2.05, 4.69) is 0 Å². The molecule has 23 heavy (non-hydrogen) atoms. The predicted octanol–water partition coefficient (Wildman–Crippen LogP) is 0.782. The lowest BCUT2D eigenvalue weighted by atomic mass is 10.1. The highest BCUT2D eigenvalue weighted by atomic mass is 32.2. The minimum atomic E-state index is -3.86. The fourth-order valence-electron chi connectivity index (χ4n) is 2.94. The van der Waals surface area contributed by atoms with Crippen molar-refractivity contribution in [3.8, 4) is 0 Å². The van der Waals surface area contributed by atoms with Crippen LogP contribution in [0, 0.1) is 20.8 Å². The van der Waals surface area contributed by atoms with Crippen molar-refractivity contribution in [2.45, 2.75) is 38.1 Å². The number of aliphatic hydroxyl groups is 1. The Bertz CT molecular complexity index is 799. The summed E-state index contributed by atoms with van der Waals surface area (Å²) in [5.41, 5.74) is 2.48. The summed E-state index contributed by atoms with van der Waals surface area (Å²) in [6.45, 7) is 5.02. The van der Waals surface area contributed by atoms with Crippen molar-refractivity contribution in [1.82, 2.24) is 4.31 Å². The summed E-state index contributed by atoms with van der Waals surface area (Å²) in [5.74, 6) is -0.197. The quantitative estimate of drug-likeness (QED) is 0.837. The summed E-state index contributed by atoms with van der Waals surface area (Å²) >= 11 is 0. The topological polar surface area (TPSA) is 91.8 Å². The van der Waals surface area contributed by atoms with Gasteiger partial charge < -0.3 is 5.11 Å².